The lowest BCUT2D eigenvalue weighted by Crippen LogP contribution is -2.40. The third kappa shape index (κ3) is 14.1. The largest absolute Gasteiger partial charge is 0.379 e. The topological polar surface area (TPSA) is 27.7 Å². The normalized spacial score (nSPS) is 16.6. The Hall–Kier alpha value is -0.160. The zero-order valence-electron chi connectivity index (χ0n) is 13.7. The maximum absolute atomic E-state index is 5.27. The number of nitrogens with one attached hydrogen (secondary N) is 1. The Morgan fingerprint density at radius 3 is 2.21 bits per heavy atom. The third-order valence-electron chi connectivity index (χ3n) is 2.87. The lowest BCUT2D eigenvalue weighted by molar-refractivity contribution is 0.0384. The Balaban J connectivity index is 0.000000399. The number of rotatable bonds is 7. The van der Waals surface area contributed by atoms with E-state index >= 15 is 0 Å². The second-order valence-electron chi connectivity index (χ2n) is 5.86. The number of hydrogen-bond donors (Lipinski definition) is 1. The van der Waals surface area contributed by atoms with Gasteiger partial charge in [-0.15, -0.1) is 0 Å². The van der Waals surface area contributed by atoms with E-state index in [1.807, 2.05) is 0 Å². The highest BCUT2D eigenvalue weighted by atomic mass is 16.5. The summed E-state index contributed by atoms with van der Waals surface area (Å²) in [7, 11) is 4.19. The van der Waals surface area contributed by atoms with Crippen LogP contribution in [0, 0.1) is 5.92 Å². The summed E-state index contributed by atoms with van der Waals surface area (Å²) in [4.78, 5) is 4.65. The Morgan fingerprint density at radius 1 is 1.16 bits per heavy atom. The average molecular weight is 273 g/mol. The first-order valence-corrected chi connectivity index (χ1v) is 7.71. The summed E-state index contributed by atoms with van der Waals surface area (Å²) in [6, 6.07) is 0. The van der Waals surface area contributed by atoms with Gasteiger partial charge in [0, 0.05) is 26.2 Å². The minimum Gasteiger partial charge on any atom is -0.379 e. The molecule has 0 radical (unpaired) electrons. The molecule has 0 bridgehead atoms. The molecule has 0 saturated carbocycles. The van der Waals surface area contributed by atoms with Crippen molar-refractivity contribution < 1.29 is 4.74 Å². The standard InChI is InChI=1S/C9H20N2O.C6H15N/c1-2-3-10-4-5-11-6-8-12-9-7-11;1-6(2)5-7(3)4/h10H,2-9H2,1H3;6H,5H2,1-4H3. The van der Waals surface area contributed by atoms with Crippen LogP contribution in [0.1, 0.15) is 27.2 Å². The van der Waals surface area contributed by atoms with E-state index in [-0.39, 0.29) is 0 Å². The molecule has 0 aliphatic carbocycles. The van der Waals surface area contributed by atoms with Crippen molar-refractivity contribution in [3.63, 3.8) is 0 Å². The molecule has 1 aliphatic rings. The van der Waals surface area contributed by atoms with Crippen LogP contribution in [-0.2, 0) is 4.74 Å². The molecule has 0 spiro atoms. The van der Waals surface area contributed by atoms with Gasteiger partial charge >= 0.3 is 0 Å². The fourth-order valence-electron chi connectivity index (χ4n) is 2.09. The van der Waals surface area contributed by atoms with Crippen LogP contribution in [-0.4, -0.2) is 76.4 Å². The highest BCUT2D eigenvalue weighted by Gasteiger charge is 2.08. The van der Waals surface area contributed by atoms with Gasteiger partial charge in [0.2, 0.25) is 0 Å². The lowest BCUT2D eigenvalue weighted by Gasteiger charge is -2.26. The molecule has 4 heteroatoms. The first kappa shape index (κ1) is 18.8. The number of ether oxygens (including phenoxy) is 1. The molecule has 19 heavy (non-hydrogen) atoms. The second kappa shape index (κ2) is 12.9. The van der Waals surface area contributed by atoms with E-state index in [1.54, 1.807) is 0 Å². The number of hydrogen-bond acceptors (Lipinski definition) is 4. The first-order chi connectivity index (χ1) is 9.06. The van der Waals surface area contributed by atoms with E-state index in [0.717, 1.165) is 45.3 Å². The smallest absolute Gasteiger partial charge is 0.0594 e. The minimum absolute atomic E-state index is 0.801. The van der Waals surface area contributed by atoms with Crippen LogP contribution in [0.25, 0.3) is 0 Å². The summed E-state index contributed by atoms with van der Waals surface area (Å²) in [5.41, 5.74) is 0. The van der Waals surface area contributed by atoms with Crippen LogP contribution in [0.3, 0.4) is 0 Å². The van der Waals surface area contributed by atoms with Gasteiger partial charge in [-0.05, 0) is 39.5 Å². The zero-order valence-corrected chi connectivity index (χ0v) is 13.7. The van der Waals surface area contributed by atoms with Crippen molar-refractivity contribution in [1.29, 1.82) is 0 Å². The van der Waals surface area contributed by atoms with Crippen molar-refractivity contribution >= 4 is 0 Å². The van der Waals surface area contributed by atoms with Gasteiger partial charge in [0.25, 0.3) is 0 Å². The fraction of sp³-hybridized carbons (Fsp3) is 1.00. The van der Waals surface area contributed by atoms with Crippen molar-refractivity contribution in [2.75, 3.05) is 66.6 Å². The Labute approximate surface area is 120 Å². The molecular formula is C15H35N3O. The number of nitrogens with zero attached hydrogens (tertiary/aromatic N) is 2. The SMILES string of the molecule is CC(C)CN(C)C.CCCNCCN1CCOCC1. The monoisotopic (exact) mass is 273 g/mol. The van der Waals surface area contributed by atoms with Gasteiger partial charge in [0.05, 0.1) is 13.2 Å². The van der Waals surface area contributed by atoms with Crippen LogP contribution >= 0.6 is 0 Å². The molecule has 1 fully saturated rings. The Kier molecular flexibility index (Phi) is 12.7. The van der Waals surface area contributed by atoms with Gasteiger partial charge in [-0.2, -0.15) is 0 Å². The quantitative estimate of drug-likeness (QED) is 0.712. The molecular weight excluding hydrogens is 238 g/mol. The molecule has 0 aromatic rings. The van der Waals surface area contributed by atoms with Crippen LogP contribution in [0.5, 0.6) is 0 Å². The molecule has 4 nitrogen and oxygen atoms in total. The van der Waals surface area contributed by atoms with Crippen LogP contribution in [0.2, 0.25) is 0 Å². The van der Waals surface area contributed by atoms with Crippen molar-refractivity contribution in [2.24, 2.45) is 5.92 Å². The van der Waals surface area contributed by atoms with Crippen LogP contribution in [0.4, 0.5) is 0 Å². The summed E-state index contributed by atoms with van der Waals surface area (Å²) in [5, 5.41) is 3.40. The summed E-state index contributed by atoms with van der Waals surface area (Å²) in [6.07, 6.45) is 1.23. The lowest BCUT2D eigenvalue weighted by atomic mass is 10.2. The van der Waals surface area contributed by atoms with E-state index in [0.29, 0.717) is 0 Å². The molecule has 1 rings (SSSR count). The van der Waals surface area contributed by atoms with Crippen LogP contribution in [0.15, 0.2) is 0 Å². The molecule has 0 atom stereocenters. The summed E-state index contributed by atoms with van der Waals surface area (Å²) in [6.45, 7) is 15.3. The van der Waals surface area contributed by atoms with E-state index in [1.165, 1.54) is 19.5 Å². The van der Waals surface area contributed by atoms with Gasteiger partial charge in [0.1, 0.15) is 0 Å². The van der Waals surface area contributed by atoms with Gasteiger partial charge < -0.3 is 15.0 Å². The van der Waals surface area contributed by atoms with Crippen molar-refractivity contribution in [1.82, 2.24) is 15.1 Å². The molecule has 116 valence electrons. The highest BCUT2D eigenvalue weighted by Crippen LogP contribution is 1.94. The van der Waals surface area contributed by atoms with Crippen molar-refractivity contribution in [2.45, 2.75) is 27.2 Å². The van der Waals surface area contributed by atoms with E-state index < -0.39 is 0 Å². The van der Waals surface area contributed by atoms with Crippen molar-refractivity contribution in [3.05, 3.63) is 0 Å². The maximum atomic E-state index is 5.27. The molecule has 1 saturated heterocycles. The van der Waals surface area contributed by atoms with E-state index in [9.17, 15) is 0 Å². The van der Waals surface area contributed by atoms with Gasteiger partial charge in [0.15, 0.2) is 0 Å². The predicted octanol–water partition coefficient (Wildman–Crippen LogP) is 1.52. The average Bonchev–Trinajstić information content (AvgIpc) is 2.35. The third-order valence-corrected chi connectivity index (χ3v) is 2.87. The molecule has 0 aromatic heterocycles. The molecule has 0 unspecified atom stereocenters. The van der Waals surface area contributed by atoms with Gasteiger partial charge in [-0.1, -0.05) is 20.8 Å². The zero-order chi connectivity index (χ0) is 14.5. The molecule has 0 amide bonds. The maximum Gasteiger partial charge on any atom is 0.0594 e. The molecule has 1 heterocycles. The highest BCUT2D eigenvalue weighted by molar-refractivity contribution is 4.62. The van der Waals surface area contributed by atoms with Gasteiger partial charge in [-0.3, -0.25) is 4.90 Å². The Morgan fingerprint density at radius 2 is 1.79 bits per heavy atom. The van der Waals surface area contributed by atoms with Crippen LogP contribution < -0.4 is 5.32 Å². The van der Waals surface area contributed by atoms with Crippen molar-refractivity contribution in [3.8, 4) is 0 Å². The molecule has 0 aromatic carbocycles. The van der Waals surface area contributed by atoms with E-state index in [4.69, 9.17) is 4.74 Å². The van der Waals surface area contributed by atoms with E-state index in [2.05, 4.69) is 50.0 Å². The fourth-order valence-corrected chi connectivity index (χ4v) is 2.09. The summed E-state index contributed by atoms with van der Waals surface area (Å²) < 4.78 is 5.27. The summed E-state index contributed by atoms with van der Waals surface area (Å²) >= 11 is 0. The molecule has 1 N–H and O–H groups in total. The minimum atomic E-state index is 0.801. The number of morpholine rings is 1. The summed E-state index contributed by atoms with van der Waals surface area (Å²) in [5.74, 6) is 0.801. The van der Waals surface area contributed by atoms with Gasteiger partial charge in [-0.25, -0.2) is 0 Å². The predicted molar refractivity (Wildman–Crippen MR) is 83.8 cm³/mol. The molecule has 1 aliphatic heterocycles. The second-order valence-corrected chi connectivity index (χ2v) is 5.86. The first-order valence-electron chi connectivity index (χ1n) is 7.71. The Bertz CT molecular complexity index is 174.